The summed E-state index contributed by atoms with van der Waals surface area (Å²) in [6, 6.07) is 0. The van der Waals surface area contributed by atoms with Crippen molar-refractivity contribution in [3.05, 3.63) is 18.0 Å². The first-order valence-corrected chi connectivity index (χ1v) is 5.86. The van der Waals surface area contributed by atoms with Gasteiger partial charge in [0.05, 0.1) is 19.4 Å². The lowest BCUT2D eigenvalue weighted by atomic mass is 10.3. The van der Waals surface area contributed by atoms with Gasteiger partial charge in [-0.15, -0.1) is 0 Å². The first kappa shape index (κ1) is 11.9. The number of aryl methyl sites for hydroxylation is 1. The van der Waals surface area contributed by atoms with E-state index in [1.807, 2.05) is 19.4 Å². The summed E-state index contributed by atoms with van der Waals surface area (Å²) in [6.45, 7) is 3.84. The Morgan fingerprint density at radius 3 is 2.94 bits per heavy atom. The van der Waals surface area contributed by atoms with Gasteiger partial charge < -0.3 is 15.4 Å². The fourth-order valence-electron chi connectivity index (χ4n) is 1.79. The fraction of sp³-hybridized carbons (Fsp3) is 0.636. The Kier molecular flexibility index (Phi) is 3.98. The van der Waals surface area contributed by atoms with Crippen LogP contribution >= 0.6 is 0 Å². The monoisotopic (exact) mass is 237 g/mol. The summed E-state index contributed by atoms with van der Waals surface area (Å²) in [5.41, 5.74) is 7.10. The molecule has 0 aromatic carbocycles. The largest absolute Gasteiger partial charge is 0.378 e. The maximum Gasteiger partial charge on any atom is 0.191 e. The highest BCUT2D eigenvalue weighted by molar-refractivity contribution is 5.78. The van der Waals surface area contributed by atoms with E-state index >= 15 is 0 Å². The van der Waals surface area contributed by atoms with Crippen LogP contribution in [0.5, 0.6) is 0 Å². The van der Waals surface area contributed by atoms with Crippen LogP contribution in [0.4, 0.5) is 0 Å². The lowest BCUT2D eigenvalue weighted by molar-refractivity contribution is 0.0674. The molecule has 0 spiro atoms. The second-order valence-corrected chi connectivity index (χ2v) is 4.11. The van der Waals surface area contributed by atoms with Gasteiger partial charge >= 0.3 is 0 Å². The van der Waals surface area contributed by atoms with Crippen molar-refractivity contribution in [2.45, 2.75) is 6.42 Å². The molecule has 2 rings (SSSR count). The third-order valence-electron chi connectivity index (χ3n) is 2.77. The van der Waals surface area contributed by atoms with Crippen LogP contribution in [-0.2, 0) is 18.2 Å². The van der Waals surface area contributed by atoms with Crippen LogP contribution in [0.15, 0.2) is 17.4 Å². The van der Waals surface area contributed by atoms with Gasteiger partial charge in [0.25, 0.3) is 0 Å². The molecule has 0 amide bonds. The van der Waals surface area contributed by atoms with Crippen molar-refractivity contribution in [2.24, 2.45) is 17.8 Å². The summed E-state index contributed by atoms with van der Waals surface area (Å²) in [5.74, 6) is 0.622. The van der Waals surface area contributed by atoms with Crippen LogP contribution in [0.2, 0.25) is 0 Å². The number of morpholine rings is 1. The van der Waals surface area contributed by atoms with Crippen molar-refractivity contribution in [1.82, 2.24) is 14.7 Å². The first-order valence-electron chi connectivity index (χ1n) is 5.86. The number of nitrogens with two attached hydrogens (primary N) is 1. The lowest BCUT2D eigenvalue weighted by Crippen LogP contribution is -2.44. The zero-order chi connectivity index (χ0) is 12.1. The lowest BCUT2D eigenvalue weighted by Gasteiger charge is -2.27. The zero-order valence-electron chi connectivity index (χ0n) is 10.2. The van der Waals surface area contributed by atoms with E-state index in [2.05, 4.69) is 15.0 Å². The van der Waals surface area contributed by atoms with E-state index in [-0.39, 0.29) is 0 Å². The van der Waals surface area contributed by atoms with Crippen LogP contribution in [0.3, 0.4) is 0 Å². The van der Waals surface area contributed by atoms with Gasteiger partial charge in [-0.05, 0) is 12.0 Å². The summed E-state index contributed by atoms with van der Waals surface area (Å²) >= 11 is 0. The molecule has 1 aromatic rings. The van der Waals surface area contributed by atoms with Crippen LogP contribution in [0.25, 0.3) is 0 Å². The van der Waals surface area contributed by atoms with Crippen molar-refractivity contribution in [1.29, 1.82) is 0 Å². The van der Waals surface area contributed by atoms with Gasteiger partial charge in [0.2, 0.25) is 0 Å². The van der Waals surface area contributed by atoms with Gasteiger partial charge in [0, 0.05) is 32.9 Å². The molecule has 0 atom stereocenters. The first-order chi connectivity index (χ1) is 8.25. The molecule has 2 heterocycles. The quantitative estimate of drug-likeness (QED) is 0.574. The molecule has 94 valence electrons. The Morgan fingerprint density at radius 2 is 2.29 bits per heavy atom. The minimum absolute atomic E-state index is 0.622. The van der Waals surface area contributed by atoms with Crippen molar-refractivity contribution >= 4 is 5.96 Å². The molecule has 2 N–H and O–H groups in total. The van der Waals surface area contributed by atoms with Crippen LogP contribution in [0.1, 0.15) is 5.56 Å². The Balaban J connectivity index is 1.79. The Hall–Kier alpha value is -1.56. The highest BCUT2D eigenvalue weighted by Crippen LogP contribution is 1.99. The molecule has 6 heteroatoms. The van der Waals surface area contributed by atoms with E-state index in [9.17, 15) is 0 Å². The molecule has 0 bridgehead atoms. The van der Waals surface area contributed by atoms with E-state index in [1.165, 1.54) is 5.56 Å². The third-order valence-corrected chi connectivity index (χ3v) is 2.77. The minimum Gasteiger partial charge on any atom is -0.378 e. The normalized spacial score (nSPS) is 17.5. The molecule has 1 aliphatic heterocycles. The van der Waals surface area contributed by atoms with Gasteiger partial charge in [-0.3, -0.25) is 9.67 Å². The number of guanidine groups is 1. The van der Waals surface area contributed by atoms with E-state index in [0.29, 0.717) is 12.5 Å². The Morgan fingerprint density at radius 1 is 1.53 bits per heavy atom. The number of hydrogen-bond acceptors (Lipinski definition) is 3. The molecule has 1 fully saturated rings. The van der Waals surface area contributed by atoms with E-state index in [0.717, 1.165) is 32.7 Å². The van der Waals surface area contributed by atoms with E-state index < -0.39 is 0 Å². The van der Waals surface area contributed by atoms with Gasteiger partial charge in [-0.1, -0.05) is 0 Å². The van der Waals surface area contributed by atoms with Crippen LogP contribution < -0.4 is 5.73 Å². The van der Waals surface area contributed by atoms with Crippen molar-refractivity contribution in [3.63, 3.8) is 0 Å². The Labute approximate surface area is 101 Å². The van der Waals surface area contributed by atoms with Gasteiger partial charge in [0.1, 0.15) is 0 Å². The van der Waals surface area contributed by atoms with Crippen LogP contribution in [-0.4, -0.2) is 53.5 Å². The summed E-state index contributed by atoms with van der Waals surface area (Å²) in [4.78, 5) is 6.44. The highest BCUT2D eigenvalue weighted by Gasteiger charge is 2.11. The summed E-state index contributed by atoms with van der Waals surface area (Å²) in [7, 11) is 1.91. The maximum atomic E-state index is 5.92. The molecule has 17 heavy (non-hydrogen) atoms. The van der Waals surface area contributed by atoms with E-state index in [1.54, 1.807) is 4.68 Å². The fourth-order valence-corrected chi connectivity index (χ4v) is 1.79. The Bertz CT molecular complexity index is 381. The van der Waals surface area contributed by atoms with Crippen LogP contribution in [0, 0.1) is 0 Å². The number of aliphatic imine (C=N–C) groups is 1. The zero-order valence-corrected chi connectivity index (χ0v) is 10.2. The smallest absolute Gasteiger partial charge is 0.191 e. The van der Waals surface area contributed by atoms with E-state index in [4.69, 9.17) is 10.5 Å². The average molecular weight is 237 g/mol. The average Bonchev–Trinajstić information content (AvgIpc) is 2.76. The summed E-state index contributed by atoms with van der Waals surface area (Å²) in [6.07, 6.45) is 4.74. The standard InChI is InChI=1S/C11H19N5O/c1-15-9-10(8-14-15)2-3-13-11(12)16-4-6-17-7-5-16/h8-9H,2-7H2,1H3,(H2,12,13). The molecule has 1 aliphatic rings. The SMILES string of the molecule is Cn1cc(CCN=C(N)N2CCOCC2)cn1. The summed E-state index contributed by atoms with van der Waals surface area (Å²) in [5, 5.41) is 4.11. The molecular weight excluding hydrogens is 218 g/mol. The molecule has 0 saturated carbocycles. The predicted molar refractivity (Wildman–Crippen MR) is 65.8 cm³/mol. The molecule has 0 radical (unpaired) electrons. The van der Waals surface area contributed by atoms with Gasteiger partial charge in [-0.2, -0.15) is 5.10 Å². The topological polar surface area (TPSA) is 68.7 Å². The number of ether oxygens (including phenoxy) is 1. The molecule has 0 unspecified atom stereocenters. The molecular formula is C11H19N5O. The summed E-state index contributed by atoms with van der Waals surface area (Å²) < 4.78 is 7.06. The highest BCUT2D eigenvalue weighted by atomic mass is 16.5. The number of rotatable bonds is 3. The maximum absolute atomic E-state index is 5.92. The van der Waals surface area contributed by atoms with Crippen molar-refractivity contribution < 1.29 is 4.74 Å². The number of hydrogen-bond donors (Lipinski definition) is 1. The predicted octanol–water partition coefficient (Wildman–Crippen LogP) is -0.390. The molecule has 0 aliphatic carbocycles. The minimum atomic E-state index is 0.622. The molecule has 6 nitrogen and oxygen atoms in total. The number of aromatic nitrogens is 2. The third kappa shape index (κ3) is 3.45. The number of nitrogens with zero attached hydrogens (tertiary/aromatic N) is 4. The second kappa shape index (κ2) is 5.67. The van der Waals surface area contributed by atoms with Gasteiger partial charge in [0.15, 0.2) is 5.96 Å². The van der Waals surface area contributed by atoms with Crippen molar-refractivity contribution in [2.75, 3.05) is 32.8 Å². The van der Waals surface area contributed by atoms with Crippen molar-refractivity contribution in [3.8, 4) is 0 Å². The molecule has 1 aromatic heterocycles. The van der Waals surface area contributed by atoms with Gasteiger partial charge in [-0.25, -0.2) is 0 Å². The molecule has 1 saturated heterocycles. The second-order valence-electron chi connectivity index (χ2n) is 4.11.